The molecule has 6 nitrogen and oxygen atoms in total. The first-order valence-corrected chi connectivity index (χ1v) is 11.0. The summed E-state index contributed by atoms with van der Waals surface area (Å²) in [6.07, 6.45) is 4.70. The lowest BCUT2D eigenvalue weighted by Gasteiger charge is -2.37. The minimum absolute atomic E-state index is 0. The van der Waals surface area contributed by atoms with Crippen LogP contribution >= 0.6 is 24.8 Å². The Morgan fingerprint density at radius 2 is 0.906 bits per heavy atom. The number of halogens is 2. The fourth-order valence-corrected chi connectivity index (χ4v) is 3.86. The zero-order valence-corrected chi connectivity index (χ0v) is 19.8. The van der Waals surface area contributed by atoms with Gasteiger partial charge in [0.2, 0.25) is 0 Å². The Kier molecular flexibility index (Phi) is 7.91. The van der Waals surface area contributed by atoms with E-state index in [-0.39, 0.29) is 24.8 Å². The SMILES string of the molecule is Cl.Cl.NC(=NC1CC1)c1ccc(N2CCN(c3ccc(C(N)=NC4CC4)cc3)CC2)cc1. The van der Waals surface area contributed by atoms with Crippen LogP contribution in [0.3, 0.4) is 0 Å². The summed E-state index contributed by atoms with van der Waals surface area (Å²) in [5, 5.41) is 0. The maximum absolute atomic E-state index is 6.12. The molecule has 2 aromatic carbocycles. The quantitative estimate of drug-likeness (QED) is 0.494. The van der Waals surface area contributed by atoms with Gasteiger partial charge in [-0.3, -0.25) is 9.98 Å². The third kappa shape index (κ3) is 5.87. The normalized spacial score (nSPS) is 19.2. The van der Waals surface area contributed by atoms with Gasteiger partial charge in [0.1, 0.15) is 11.7 Å². The van der Waals surface area contributed by atoms with Gasteiger partial charge in [0.15, 0.2) is 0 Å². The van der Waals surface area contributed by atoms with Crippen LogP contribution in [0.2, 0.25) is 0 Å². The highest BCUT2D eigenvalue weighted by Crippen LogP contribution is 2.26. The third-order valence-electron chi connectivity index (χ3n) is 6.07. The van der Waals surface area contributed by atoms with Gasteiger partial charge < -0.3 is 21.3 Å². The summed E-state index contributed by atoms with van der Waals surface area (Å²) >= 11 is 0. The molecule has 0 spiro atoms. The highest BCUT2D eigenvalue weighted by Gasteiger charge is 2.22. The Bertz CT molecular complexity index is 862. The van der Waals surface area contributed by atoms with Crippen molar-refractivity contribution in [2.45, 2.75) is 37.8 Å². The minimum atomic E-state index is 0. The van der Waals surface area contributed by atoms with Crippen molar-refractivity contribution in [2.75, 3.05) is 36.0 Å². The van der Waals surface area contributed by atoms with E-state index < -0.39 is 0 Å². The Balaban J connectivity index is 0.00000144. The molecule has 172 valence electrons. The lowest BCUT2D eigenvalue weighted by Crippen LogP contribution is -2.46. The number of amidine groups is 2. The number of aliphatic imine (C=N–C) groups is 2. The van der Waals surface area contributed by atoms with Crippen LogP contribution in [-0.2, 0) is 0 Å². The highest BCUT2D eigenvalue weighted by atomic mass is 35.5. The van der Waals surface area contributed by atoms with Crippen LogP contribution in [0.15, 0.2) is 58.5 Å². The van der Waals surface area contributed by atoms with Gasteiger partial charge in [0.25, 0.3) is 0 Å². The number of nitrogens with zero attached hydrogens (tertiary/aromatic N) is 4. The van der Waals surface area contributed by atoms with Crippen molar-refractivity contribution < 1.29 is 0 Å². The predicted molar refractivity (Wildman–Crippen MR) is 139 cm³/mol. The number of benzene rings is 2. The van der Waals surface area contributed by atoms with Crippen LogP contribution in [0.5, 0.6) is 0 Å². The molecule has 2 saturated carbocycles. The molecule has 5 rings (SSSR count). The molecule has 1 aliphatic heterocycles. The molecular weight excluding hydrogens is 443 g/mol. The maximum atomic E-state index is 6.12. The van der Waals surface area contributed by atoms with E-state index in [0.29, 0.717) is 23.8 Å². The largest absolute Gasteiger partial charge is 0.383 e. The molecule has 8 heteroatoms. The third-order valence-corrected chi connectivity index (χ3v) is 6.07. The zero-order chi connectivity index (χ0) is 20.5. The second-order valence-electron chi connectivity index (χ2n) is 8.56. The average molecular weight is 475 g/mol. The van der Waals surface area contributed by atoms with Gasteiger partial charge in [0.05, 0.1) is 12.1 Å². The first-order chi connectivity index (χ1) is 14.7. The van der Waals surface area contributed by atoms with Crippen molar-refractivity contribution >= 4 is 47.9 Å². The molecule has 0 aromatic heterocycles. The van der Waals surface area contributed by atoms with Crippen LogP contribution < -0.4 is 21.3 Å². The van der Waals surface area contributed by atoms with Crippen molar-refractivity contribution in [2.24, 2.45) is 21.5 Å². The monoisotopic (exact) mass is 474 g/mol. The van der Waals surface area contributed by atoms with E-state index in [1.807, 2.05) is 0 Å². The summed E-state index contributed by atoms with van der Waals surface area (Å²) in [5.74, 6) is 1.33. The van der Waals surface area contributed by atoms with E-state index >= 15 is 0 Å². The fraction of sp³-hybridized carbons (Fsp3) is 0.417. The van der Waals surface area contributed by atoms with Gasteiger partial charge in [-0.1, -0.05) is 0 Å². The lowest BCUT2D eigenvalue weighted by molar-refractivity contribution is 0.653. The zero-order valence-electron chi connectivity index (χ0n) is 18.2. The fourth-order valence-electron chi connectivity index (χ4n) is 3.86. The van der Waals surface area contributed by atoms with Crippen molar-refractivity contribution in [3.63, 3.8) is 0 Å². The van der Waals surface area contributed by atoms with Crippen molar-refractivity contribution in [1.82, 2.24) is 0 Å². The first-order valence-electron chi connectivity index (χ1n) is 11.0. The van der Waals surface area contributed by atoms with Crippen LogP contribution in [0.1, 0.15) is 36.8 Å². The number of hydrogen-bond acceptors (Lipinski definition) is 4. The predicted octanol–water partition coefficient (Wildman–Crippen LogP) is 3.59. The molecule has 0 amide bonds. The van der Waals surface area contributed by atoms with Crippen LogP contribution in [0, 0.1) is 0 Å². The molecule has 3 fully saturated rings. The molecule has 0 bridgehead atoms. The van der Waals surface area contributed by atoms with Gasteiger partial charge in [-0.25, -0.2) is 0 Å². The summed E-state index contributed by atoms with van der Waals surface area (Å²) in [5.41, 5.74) is 16.8. The number of piperazine rings is 1. The number of nitrogens with two attached hydrogens (primary N) is 2. The molecule has 1 saturated heterocycles. The smallest absolute Gasteiger partial charge is 0.125 e. The molecule has 4 N–H and O–H groups in total. The molecular formula is C24H32Cl2N6. The number of hydrogen-bond donors (Lipinski definition) is 2. The Morgan fingerprint density at radius 1 is 0.594 bits per heavy atom. The molecule has 3 aliphatic rings. The molecule has 0 atom stereocenters. The van der Waals surface area contributed by atoms with Gasteiger partial charge in [-0.2, -0.15) is 0 Å². The Morgan fingerprint density at radius 3 is 1.19 bits per heavy atom. The topological polar surface area (TPSA) is 83.2 Å². The van der Waals surface area contributed by atoms with E-state index in [9.17, 15) is 0 Å². The maximum Gasteiger partial charge on any atom is 0.125 e. The van der Waals surface area contributed by atoms with E-state index in [2.05, 4.69) is 68.3 Å². The van der Waals surface area contributed by atoms with Gasteiger partial charge in [0, 0.05) is 48.7 Å². The molecule has 0 radical (unpaired) electrons. The second-order valence-corrected chi connectivity index (χ2v) is 8.56. The van der Waals surface area contributed by atoms with Gasteiger partial charge >= 0.3 is 0 Å². The van der Waals surface area contributed by atoms with E-state index in [0.717, 1.165) is 37.3 Å². The van der Waals surface area contributed by atoms with E-state index in [4.69, 9.17) is 11.5 Å². The first kappa shape index (κ1) is 24.2. The lowest BCUT2D eigenvalue weighted by atomic mass is 10.1. The van der Waals surface area contributed by atoms with Crippen molar-refractivity contribution in [3.8, 4) is 0 Å². The molecule has 0 unspecified atom stereocenters. The summed E-state index contributed by atoms with van der Waals surface area (Å²) in [7, 11) is 0. The van der Waals surface area contributed by atoms with Crippen LogP contribution in [0.4, 0.5) is 11.4 Å². The van der Waals surface area contributed by atoms with Crippen molar-refractivity contribution in [1.29, 1.82) is 0 Å². The van der Waals surface area contributed by atoms with E-state index in [1.165, 1.54) is 37.1 Å². The van der Waals surface area contributed by atoms with Crippen LogP contribution in [-0.4, -0.2) is 49.9 Å². The highest BCUT2D eigenvalue weighted by molar-refractivity contribution is 5.98. The average Bonchev–Trinajstić information content (AvgIpc) is 3.72. The molecule has 32 heavy (non-hydrogen) atoms. The molecule has 2 aliphatic carbocycles. The summed E-state index contributed by atoms with van der Waals surface area (Å²) in [6, 6.07) is 17.9. The summed E-state index contributed by atoms with van der Waals surface area (Å²) < 4.78 is 0. The number of anilines is 2. The van der Waals surface area contributed by atoms with E-state index in [1.54, 1.807) is 0 Å². The number of rotatable bonds is 6. The summed E-state index contributed by atoms with van der Waals surface area (Å²) in [4.78, 5) is 13.9. The van der Waals surface area contributed by atoms with Gasteiger partial charge in [-0.15, -0.1) is 24.8 Å². The Labute approximate surface area is 202 Å². The molecule has 1 heterocycles. The summed E-state index contributed by atoms with van der Waals surface area (Å²) in [6.45, 7) is 3.99. The standard InChI is InChI=1S/C24H30N6.2ClH/c25-23(27-19-5-6-19)17-1-9-21(10-2-17)29-13-15-30(16-14-29)22-11-3-18(4-12-22)24(26)28-20-7-8-20;;/h1-4,9-12,19-20H,5-8,13-16H2,(H2,25,27)(H2,26,28);2*1H. The Hall–Kier alpha value is -2.44. The second kappa shape index (κ2) is 10.5. The van der Waals surface area contributed by atoms with Crippen LogP contribution in [0.25, 0.3) is 0 Å². The van der Waals surface area contributed by atoms with Gasteiger partial charge in [-0.05, 0) is 74.2 Å². The minimum Gasteiger partial charge on any atom is -0.383 e. The molecule has 2 aromatic rings. The van der Waals surface area contributed by atoms with Crippen molar-refractivity contribution in [3.05, 3.63) is 59.7 Å².